The summed E-state index contributed by atoms with van der Waals surface area (Å²) in [6.45, 7) is 3.81. The summed E-state index contributed by atoms with van der Waals surface area (Å²) in [5.74, 6) is -1.10. The Balaban J connectivity index is 3.51. The lowest BCUT2D eigenvalue weighted by Gasteiger charge is -2.06. The maximum absolute atomic E-state index is 11.9. The van der Waals surface area contributed by atoms with Gasteiger partial charge in [-0.15, -0.1) is 0 Å². The lowest BCUT2D eigenvalue weighted by atomic mass is 10.1. The number of rotatable bonds is 32. The van der Waals surface area contributed by atoms with Crippen LogP contribution in [0.25, 0.3) is 0 Å². The Morgan fingerprint density at radius 1 is 0.409 bits per heavy atom. The molecule has 0 saturated heterocycles. The number of hydrogen-bond donors (Lipinski definition) is 0. The molecule has 0 aliphatic heterocycles. The van der Waals surface area contributed by atoms with Gasteiger partial charge in [0.25, 0.3) is 0 Å². The Morgan fingerprint density at radius 3 is 1.09 bits per heavy atom. The van der Waals surface area contributed by atoms with Crippen LogP contribution >= 0.6 is 0 Å². The molecule has 0 spiro atoms. The molecule has 0 aromatic heterocycles. The normalized spacial score (nSPS) is 11.9. The largest absolute Gasteiger partial charge is 0.458 e. The fourth-order valence-electron chi connectivity index (χ4n) is 4.67. The van der Waals surface area contributed by atoms with Crippen molar-refractivity contribution in [2.45, 2.75) is 168 Å². The number of Topliss-reactive ketones (excluding diaryl/α,β-unsaturated/α-hetero) is 1. The number of ketones is 1. The Kier molecular flexibility index (Phi) is 33.1. The number of hydrogen-bond acceptors (Lipinski definition) is 5. The smallest absolute Gasteiger partial charge is 0.306 e. The summed E-state index contributed by atoms with van der Waals surface area (Å²) in [4.78, 5) is 35.7. The monoisotopic (exact) mass is 614 g/mol. The molecule has 0 aromatic carbocycles. The van der Waals surface area contributed by atoms with Gasteiger partial charge in [0, 0.05) is 12.8 Å². The summed E-state index contributed by atoms with van der Waals surface area (Å²) < 4.78 is 10.1. The highest BCUT2D eigenvalue weighted by Gasteiger charge is 2.10. The number of esters is 2. The highest BCUT2D eigenvalue weighted by atomic mass is 16.6. The molecular weight excluding hydrogens is 548 g/mol. The third kappa shape index (κ3) is 34.1. The second-order valence-corrected chi connectivity index (χ2v) is 11.8. The van der Waals surface area contributed by atoms with Gasteiger partial charge in [0.2, 0.25) is 5.78 Å². The zero-order valence-electron chi connectivity index (χ0n) is 28.5. The molecule has 0 heterocycles. The predicted octanol–water partition coefficient (Wildman–Crippen LogP) is 11.3. The second kappa shape index (κ2) is 35.1. The number of carbonyl (C=O) groups is 3. The molecule has 0 amide bonds. The van der Waals surface area contributed by atoms with Crippen molar-refractivity contribution in [3.8, 4) is 0 Å². The van der Waals surface area contributed by atoms with E-state index in [1.165, 1.54) is 64.2 Å². The van der Waals surface area contributed by atoms with E-state index < -0.39 is 0 Å². The molecule has 0 fully saturated rings. The van der Waals surface area contributed by atoms with Crippen LogP contribution in [-0.4, -0.2) is 30.9 Å². The van der Waals surface area contributed by atoms with Gasteiger partial charge < -0.3 is 9.47 Å². The van der Waals surface area contributed by atoms with Gasteiger partial charge in [0.1, 0.15) is 0 Å². The van der Waals surface area contributed by atoms with E-state index in [1.807, 2.05) is 0 Å². The third-order valence-corrected chi connectivity index (χ3v) is 7.45. The van der Waals surface area contributed by atoms with Crippen molar-refractivity contribution in [3.63, 3.8) is 0 Å². The molecule has 5 heteroatoms. The molecule has 0 rings (SSSR count). The minimum absolute atomic E-state index is 0.323. The van der Waals surface area contributed by atoms with Gasteiger partial charge in [-0.2, -0.15) is 0 Å². The average molecular weight is 615 g/mol. The van der Waals surface area contributed by atoms with Gasteiger partial charge in [-0.1, -0.05) is 127 Å². The zero-order valence-corrected chi connectivity index (χ0v) is 28.5. The maximum Gasteiger partial charge on any atom is 0.306 e. The molecule has 44 heavy (non-hydrogen) atoms. The molecular formula is C39H66O5. The SMILES string of the molecule is CCCCC/C=C\C/C=C\CCCCCCCC(=O)OCC(=O)COC(=O)CCCCCCC/C=C\C/C=C\CCCCC. The van der Waals surface area contributed by atoms with Gasteiger partial charge in [-0.25, -0.2) is 0 Å². The summed E-state index contributed by atoms with van der Waals surface area (Å²) in [5.41, 5.74) is 0. The first-order valence-corrected chi connectivity index (χ1v) is 18.0. The van der Waals surface area contributed by atoms with Crippen LogP contribution < -0.4 is 0 Å². The highest BCUT2D eigenvalue weighted by molar-refractivity contribution is 5.85. The van der Waals surface area contributed by atoms with E-state index in [0.29, 0.717) is 12.8 Å². The van der Waals surface area contributed by atoms with Crippen molar-refractivity contribution in [1.82, 2.24) is 0 Å². The fraction of sp³-hybridized carbons (Fsp3) is 0.718. The van der Waals surface area contributed by atoms with Gasteiger partial charge >= 0.3 is 11.9 Å². The van der Waals surface area contributed by atoms with E-state index in [9.17, 15) is 14.4 Å². The lowest BCUT2D eigenvalue weighted by Crippen LogP contribution is -2.20. The standard InChI is InChI=1S/C39H66O5/c1-3-5-7-9-11-13-15-17-19-21-23-25-27-29-31-33-38(41)43-35-37(40)36-44-39(42)34-32-30-28-26-24-22-20-18-16-14-12-10-8-6-4-2/h11-14,17-20H,3-10,15-16,21-36H2,1-2H3/b13-11-,14-12-,19-17-,20-18-. The molecule has 0 atom stereocenters. The van der Waals surface area contributed by atoms with Crippen molar-refractivity contribution in [2.24, 2.45) is 0 Å². The van der Waals surface area contributed by atoms with Crippen LogP contribution in [0, 0.1) is 0 Å². The Morgan fingerprint density at radius 2 is 0.727 bits per heavy atom. The van der Waals surface area contributed by atoms with Gasteiger partial charge in [0.05, 0.1) is 0 Å². The van der Waals surface area contributed by atoms with Gasteiger partial charge in [-0.3, -0.25) is 14.4 Å². The molecule has 252 valence electrons. The van der Waals surface area contributed by atoms with Crippen molar-refractivity contribution in [1.29, 1.82) is 0 Å². The van der Waals surface area contributed by atoms with Crippen molar-refractivity contribution in [3.05, 3.63) is 48.6 Å². The zero-order chi connectivity index (χ0) is 32.2. The Bertz CT molecular complexity index is 728. The third-order valence-electron chi connectivity index (χ3n) is 7.45. The first kappa shape index (κ1) is 41.6. The minimum atomic E-state index is -0.383. The molecule has 0 bridgehead atoms. The van der Waals surface area contributed by atoms with E-state index in [2.05, 4.69) is 62.5 Å². The van der Waals surface area contributed by atoms with Gasteiger partial charge in [0.15, 0.2) is 13.2 Å². The summed E-state index contributed by atoms with van der Waals surface area (Å²) in [6, 6.07) is 0. The molecule has 0 saturated carbocycles. The predicted molar refractivity (Wildman–Crippen MR) is 186 cm³/mol. The van der Waals surface area contributed by atoms with Gasteiger partial charge in [-0.05, 0) is 77.0 Å². The molecule has 0 N–H and O–H groups in total. The van der Waals surface area contributed by atoms with Crippen LogP contribution in [0.15, 0.2) is 48.6 Å². The minimum Gasteiger partial charge on any atom is -0.458 e. The fourth-order valence-corrected chi connectivity index (χ4v) is 4.67. The van der Waals surface area contributed by atoms with Crippen LogP contribution in [0.4, 0.5) is 0 Å². The number of unbranched alkanes of at least 4 members (excludes halogenated alkanes) is 16. The first-order chi connectivity index (χ1) is 21.6. The molecule has 0 radical (unpaired) electrons. The average Bonchev–Trinajstić information content (AvgIpc) is 3.02. The highest BCUT2D eigenvalue weighted by Crippen LogP contribution is 2.10. The van der Waals surface area contributed by atoms with E-state index in [1.54, 1.807) is 0 Å². The molecule has 0 aliphatic carbocycles. The summed E-state index contributed by atoms with van der Waals surface area (Å²) in [5, 5.41) is 0. The van der Waals surface area contributed by atoms with E-state index in [0.717, 1.165) is 77.0 Å². The molecule has 0 aromatic rings. The molecule has 5 nitrogen and oxygen atoms in total. The van der Waals surface area contributed by atoms with Crippen molar-refractivity contribution < 1.29 is 23.9 Å². The van der Waals surface area contributed by atoms with Crippen molar-refractivity contribution >= 4 is 17.7 Å². The summed E-state index contributed by atoms with van der Waals surface area (Å²) in [6.07, 6.45) is 43.5. The van der Waals surface area contributed by atoms with E-state index in [4.69, 9.17) is 9.47 Å². The Hall–Kier alpha value is -2.43. The van der Waals surface area contributed by atoms with Crippen LogP contribution in [0.5, 0.6) is 0 Å². The summed E-state index contributed by atoms with van der Waals surface area (Å²) >= 11 is 0. The van der Waals surface area contributed by atoms with E-state index in [-0.39, 0.29) is 30.9 Å². The summed E-state index contributed by atoms with van der Waals surface area (Å²) in [7, 11) is 0. The van der Waals surface area contributed by atoms with Crippen molar-refractivity contribution in [2.75, 3.05) is 13.2 Å². The van der Waals surface area contributed by atoms with Crippen LogP contribution in [0.3, 0.4) is 0 Å². The quantitative estimate of drug-likeness (QED) is 0.0428. The molecule has 0 unspecified atom stereocenters. The second-order valence-electron chi connectivity index (χ2n) is 11.8. The van der Waals surface area contributed by atoms with Crippen LogP contribution in [0.1, 0.15) is 168 Å². The maximum atomic E-state index is 11.9. The van der Waals surface area contributed by atoms with Crippen LogP contribution in [0.2, 0.25) is 0 Å². The van der Waals surface area contributed by atoms with E-state index >= 15 is 0 Å². The number of ether oxygens (including phenoxy) is 2. The topological polar surface area (TPSA) is 69.7 Å². The molecule has 0 aliphatic rings. The van der Waals surface area contributed by atoms with Crippen LogP contribution in [-0.2, 0) is 23.9 Å². The first-order valence-electron chi connectivity index (χ1n) is 18.0. The number of allylic oxidation sites excluding steroid dienone is 8. The number of carbonyl (C=O) groups excluding carboxylic acids is 3. The Labute approximate surface area is 271 Å². The lowest BCUT2D eigenvalue weighted by molar-refractivity contribution is -0.153.